The molecule has 0 aliphatic carbocycles. The molecule has 0 atom stereocenters. The molecule has 0 saturated heterocycles. The van der Waals surface area contributed by atoms with Crippen molar-refractivity contribution in [3.05, 3.63) is 51.7 Å². The second-order valence-electron chi connectivity index (χ2n) is 4.53. The maximum absolute atomic E-state index is 12.2. The number of hydrogen-bond acceptors (Lipinski definition) is 4. The Balaban J connectivity index is 2.17. The number of amides is 1. The number of carboxylic acids is 1. The van der Waals surface area contributed by atoms with Gasteiger partial charge in [0.2, 0.25) is 0 Å². The third-order valence-corrected chi connectivity index (χ3v) is 3.84. The zero-order chi connectivity index (χ0) is 16.1. The van der Waals surface area contributed by atoms with Gasteiger partial charge in [-0.3, -0.25) is 4.79 Å². The van der Waals surface area contributed by atoms with E-state index in [1.54, 1.807) is 0 Å². The van der Waals surface area contributed by atoms with Crippen LogP contribution in [0.1, 0.15) is 28.6 Å². The quantitative estimate of drug-likeness (QED) is 0.736. The molecule has 0 unspecified atom stereocenters. The molecule has 2 aromatic rings. The van der Waals surface area contributed by atoms with Crippen LogP contribution in [0.25, 0.3) is 6.08 Å². The molecule has 6 heteroatoms. The number of phenols is 1. The second-order valence-corrected chi connectivity index (χ2v) is 5.51. The van der Waals surface area contributed by atoms with Crippen LogP contribution in [0.3, 0.4) is 0 Å². The van der Waals surface area contributed by atoms with Crippen molar-refractivity contribution >= 4 is 35.0 Å². The maximum atomic E-state index is 12.2. The van der Waals surface area contributed by atoms with E-state index >= 15 is 0 Å². The van der Waals surface area contributed by atoms with Gasteiger partial charge >= 0.3 is 5.97 Å². The second kappa shape index (κ2) is 6.91. The first-order valence-corrected chi connectivity index (χ1v) is 7.51. The van der Waals surface area contributed by atoms with E-state index in [-0.39, 0.29) is 17.2 Å². The summed E-state index contributed by atoms with van der Waals surface area (Å²) in [6, 6.07) is 7.74. The van der Waals surface area contributed by atoms with Crippen molar-refractivity contribution in [3.63, 3.8) is 0 Å². The van der Waals surface area contributed by atoms with E-state index in [1.165, 1.54) is 29.5 Å². The minimum atomic E-state index is -1.22. The zero-order valence-electron chi connectivity index (χ0n) is 11.9. The van der Waals surface area contributed by atoms with Crippen molar-refractivity contribution in [2.24, 2.45) is 0 Å². The first-order chi connectivity index (χ1) is 10.5. The van der Waals surface area contributed by atoms with Gasteiger partial charge in [0.1, 0.15) is 11.3 Å². The van der Waals surface area contributed by atoms with E-state index in [0.29, 0.717) is 17.7 Å². The molecule has 1 amide bonds. The Hall–Kier alpha value is -2.60. The molecule has 0 radical (unpaired) electrons. The molecular weight excluding hydrogens is 302 g/mol. The van der Waals surface area contributed by atoms with Gasteiger partial charge in [-0.2, -0.15) is 0 Å². The molecule has 0 aliphatic heterocycles. The summed E-state index contributed by atoms with van der Waals surface area (Å²) in [7, 11) is 0. The smallest absolute Gasteiger partial charge is 0.339 e. The number of carboxylic acid groups (broad SMARTS) is 1. The number of thiophene rings is 1. The topological polar surface area (TPSA) is 86.6 Å². The lowest BCUT2D eigenvalue weighted by Gasteiger charge is -2.08. The van der Waals surface area contributed by atoms with Gasteiger partial charge in [0.15, 0.2) is 0 Å². The van der Waals surface area contributed by atoms with E-state index < -0.39 is 5.97 Å². The highest BCUT2D eigenvalue weighted by molar-refractivity contribution is 7.10. The van der Waals surface area contributed by atoms with Crippen LogP contribution >= 0.6 is 11.3 Å². The molecule has 114 valence electrons. The Bertz CT molecular complexity index is 720. The van der Waals surface area contributed by atoms with Gasteiger partial charge in [0, 0.05) is 22.2 Å². The van der Waals surface area contributed by atoms with Crippen LogP contribution < -0.4 is 5.32 Å². The summed E-state index contributed by atoms with van der Waals surface area (Å²) in [5.74, 6) is -1.88. The van der Waals surface area contributed by atoms with Crippen molar-refractivity contribution in [2.45, 2.75) is 13.3 Å². The predicted molar refractivity (Wildman–Crippen MR) is 86.3 cm³/mol. The van der Waals surface area contributed by atoms with Crippen LogP contribution in [-0.4, -0.2) is 22.1 Å². The van der Waals surface area contributed by atoms with Crippen molar-refractivity contribution in [3.8, 4) is 5.75 Å². The van der Waals surface area contributed by atoms with Crippen molar-refractivity contribution in [1.82, 2.24) is 0 Å². The lowest BCUT2D eigenvalue weighted by atomic mass is 10.1. The summed E-state index contributed by atoms with van der Waals surface area (Å²) in [4.78, 5) is 24.0. The lowest BCUT2D eigenvalue weighted by Crippen LogP contribution is -2.14. The van der Waals surface area contributed by atoms with Gasteiger partial charge in [0.05, 0.1) is 0 Å². The number of benzene rings is 1. The first-order valence-electron chi connectivity index (χ1n) is 6.63. The maximum Gasteiger partial charge on any atom is 0.339 e. The average Bonchev–Trinajstić information content (AvgIpc) is 2.97. The molecular formula is C16H15NO4S. The third kappa shape index (κ3) is 3.73. The van der Waals surface area contributed by atoms with Crippen LogP contribution in [0.4, 0.5) is 5.69 Å². The van der Waals surface area contributed by atoms with Crippen LogP contribution in [-0.2, 0) is 4.79 Å². The Morgan fingerprint density at radius 1 is 1.32 bits per heavy atom. The number of anilines is 1. The molecule has 0 aliphatic rings. The lowest BCUT2D eigenvalue weighted by molar-refractivity contribution is -0.112. The summed E-state index contributed by atoms with van der Waals surface area (Å²) in [6.07, 6.45) is 2.37. The van der Waals surface area contributed by atoms with E-state index in [1.807, 2.05) is 30.5 Å². The largest absolute Gasteiger partial charge is 0.507 e. The van der Waals surface area contributed by atoms with E-state index in [2.05, 4.69) is 5.32 Å². The number of aromatic carboxylic acids is 1. The normalized spacial score (nSPS) is 11.2. The van der Waals surface area contributed by atoms with Gasteiger partial charge < -0.3 is 15.5 Å². The van der Waals surface area contributed by atoms with Gasteiger partial charge in [0.25, 0.3) is 5.91 Å². The molecule has 22 heavy (non-hydrogen) atoms. The molecule has 0 fully saturated rings. The molecule has 0 bridgehead atoms. The molecule has 5 nitrogen and oxygen atoms in total. The SMILES string of the molecule is CCC(=Cc1cccs1)C(=O)Nc1ccc(C(=O)O)c(O)c1. The molecule has 2 rings (SSSR count). The fraction of sp³-hybridized carbons (Fsp3) is 0.125. The van der Waals surface area contributed by atoms with Crippen molar-refractivity contribution < 1.29 is 19.8 Å². The zero-order valence-corrected chi connectivity index (χ0v) is 12.7. The van der Waals surface area contributed by atoms with Gasteiger partial charge in [-0.05, 0) is 36.1 Å². The summed E-state index contributed by atoms with van der Waals surface area (Å²) in [6.45, 7) is 1.88. The van der Waals surface area contributed by atoms with Crippen molar-refractivity contribution in [1.29, 1.82) is 0 Å². The van der Waals surface area contributed by atoms with Gasteiger partial charge in [-0.1, -0.05) is 13.0 Å². The molecule has 1 aromatic carbocycles. The fourth-order valence-corrected chi connectivity index (χ4v) is 2.56. The van der Waals surface area contributed by atoms with Gasteiger partial charge in [-0.15, -0.1) is 11.3 Å². The predicted octanol–water partition coefficient (Wildman–Crippen LogP) is 3.58. The first kappa shape index (κ1) is 15.8. The highest BCUT2D eigenvalue weighted by atomic mass is 32.1. The fourth-order valence-electron chi connectivity index (χ4n) is 1.87. The molecule has 3 N–H and O–H groups in total. The summed E-state index contributed by atoms with van der Waals surface area (Å²) < 4.78 is 0. The summed E-state index contributed by atoms with van der Waals surface area (Å²) >= 11 is 1.54. The average molecular weight is 317 g/mol. The van der Waals surface area contributed by atoms with Crippen LogP contribution in [0.2, 0.25) is 0 Å². The van der Waals surface area contributed by atoms with E-state index in [9.17, 15) is 14.7 Å². The number of aromatic hydroxyl groups is 1. The minimum Gasteiger partial charge on any atom is -0.507 e. The summed E-state index contributed by atoms with van der Waals surface area (Å²) in [5.41, 5.74) is 0.741. The summed E-state index contributed by atoms with van der Waals surface area (Å²) in [5, 5.41) is 23.1. The Morgan fingerprint density at radius 2 is 2.09 bits per heavy atom. The number of hydrogen-bond donors (Lipinski definition) is 3. The number of carbonyl (C=O) groups excluding carboxylic acids is 1. The van der Waals surface area contributed by atoms with E-state index in [4.69, 9.17) is 5.11 Å². The van der Waals surface area contributed by atoms with E-state index in [0.717, 1.165) is 4.88 Å². The number of carbonyl (C=O) groups is 2. The molecule has 0 spiro atoms. The molecule has 0 saturated carbocycles. The Morgan fingerprint density at radius 3 is 2.64 bits per heavy atom. The monoisotopic (exact) mass is 317 g/mol. The number of nitrogens with one attached hydrogen (secondary N) is 1. The Kier molecular flexibility index (Phi) is 4.95. The highest BCUT2D eigenvalue weighted by Crippen LogP contribution is 2.23. The minimum absolute atomic E-state index is 0.206. The Labute approximate surface area is 131 Å². The van der Waals surface area contributed by atoms with Gasteiger partial charge in [-0.25, -0.2) is 4.79 Å². The number of rotatable bonds is 5. The molecule has 1 aromatic heterocycles. The van der Waals surface area contributed by atoms with Crippen LogP contribution in [0.5, 0.6) is 5.75 Å². The highest BCUT2D eigenvalue weighted by Gasteiger charge is 2.12. The standard InChI is InChI=1S/C16H15NO4S/c1-2-10(8-12-4-3-7-22-12)15(19)17-11-5-6-13(16(20)21)14(18)9-11/h3-9,18H,2H2,1H3,(H,17,19)(H,20,21). The van der Waals surface area contributed by atoms with Crippen LogP contribution in [0, 0.1) is 0 Å². The van der Waals surface area contributed by atoms with Crippen molar-refractivity contribution in [2.75, 3.05) is 5.32 Å². The molecule has 1 heterocycles. The van der Waals surface area contributed by atoms with Crippen LogP contribution in [0.15, 0.2) is 41.3 Å². The third-order valence-electron chi connectivity index (χ3n) is 3.02.